The van der Waals surface area contributed by atoms with Gasteiger partial charge in [0.15, 0.2) is 0 Å². The Morgan fingerprint density at radius 3 is 2.56 bits per heavy atom. The molecule has 0 aromatic heterocycles. The van der Waals surface area contributed by atoms with E-state index in [1.165, 1.54) is 0 Å². The van der Waals surface area contributed by atoms with Crippen LogP contribution in [0.1, 0.15) is 43.5 Å². The van der Waals surface area contributed by atoms with Crippen LogP contribution in [0.15, 0.2) is 18.2 Å². The summed E-state index contributed by atoms with van der Waals surface area (Å²) in [5.74, 6) is -0.208. The first-order chi connectivity index (χ1) is 8.45. The fourth-order valence-electron chi connectivity index (χ4n) is 1.91. The van der Waals surface area contributed by atoms with Crippen molar-refractivity contribution in [2.24, 2.45) is 0 Å². The Labute approximate surface area is 110 Å². The molecule has 100 valence electrons. The highest BCUT2D eigenvalue weighted by Crippen LogP contribution is 2.21. The fourth-order valence-corrected chi connectivity index (χ4v) is 1.91. The lowest BCUT2D eigenvalue weighted by Crippen LogP contribution is -2.35. The monoisotopic (exact) mass is 249 g/mol. The molecule has 18 heavy (non-hydrogen) atoms. The maximum absolute atomic E-state index is 12.1. The summed E-state index contributed by atoms with van der Waals surface area (Å²) in [5.41, 5.74) is 3.25. The second-order valence-corrected chi connectivity index (χ2v) is 4.87. The van der Waals surface area contributed by atoms with Gasteiger partial charge in [0.1, 0.15) is 6.04 Å². The molecule has 1 N–H and O–H groups in total. The van der Waals surface area contributed by atoms with E-state index in [4.69, 9.17) is 4.74 Å². The fraction of sp³-hybridized carbons (Fsp3) is 0.533. The summed E-state index contributed by atoms with van der Waals surface area (Å²) in [4.78, 5) is 12.1. The van der Waals surface area contributed by atoms with Gasteiger partial charge in [-0.15, -0.1) is 0 Å². The van der Waals surface area contributed by atoms with Gasteiger partial charge in [0.05, 0.1) is 6.61 Å². The zero-order valence-electron chi connectivity index (χ0n) is 11.9. The maximum atomic E-state index is 12.1. The van der Waals surface area contributed by atoms with Gasteiger partial charge in [-0.05, 0) is 45.7 Å². The first-order valence-electron chi connectivity index (χ1n) is 6.45. The maximum Gasteiger partial charge on any atom is 0.327 e. The van der Waals surface area contributed by atoms with E-state index >= 15 is 0 Å². The van der Waals surface area contributed by atoms with Crippen LogP contribution in [0.25, 0.3) is 0 Å². The first kappa shape index (κ1) is 14.7. The van der Waals surface area contributed by atoms with Crippen LogP contribution in [0.4, 0.5) is 0 Å². The van der Waals surface area contributed by atoms with Gasteiger partial charge < -0.3 is 4.74 Å². The Balaban J connectivity index is 3.08. The predicted molar refractivity (Wildman–Crippen MR) is 73.6 cm³/mol. The molecule has 3 heteroatoms. The number of carbonyl (C=O) groups is 1. The van der Waals surface area contributed by atoms with Crippen LogP contribution in [0.3, 0.4) is 0 Å². The van der Waals surface area contributed by atoms with Crippen LogP contribution >= 0.6 is 0 Å². The van der Waals surface area contributed by atoms with Crippen molar-refractivity contribution in [1.29, 1.82) is 0 Å². The highest BCUT2D eigenvalue weighted by molar-refractivity contribution is 5.78. The van der Waals surface area contributed by atoms with Crippen molar-refractivity contribution in [3.05, 3.63) is 34.9 Å². The molecule has 1 aromatic carbocycles. The average Bonchev–Trinajstić information content (AvgIpc) is 2.29. The Kier molecular flexibility index (Phi) is 5.35. The molecule has 1 aromatic rings. The minimum Gasteiger partial charge on any atom is -0.465 e. The predicted octanol–water partition coefficient (Wildman–Crippen LogP) is 2.91. The molecule has 1 unspecified atom stereocenters. The molecular formula is C15H23NO2. The summed E-state index contributed by atoms with van der Waals surface area (Å²) < 4.78 is 5.15. The SMILES string of the molecule is CCOC(=O)C(NC(C)C)c1cc(C)ccc1C. The number of hydrogen-bond acceptors (Lipinski definition) is 3. The van der Waals surface area contributed by atoms with Crippen LogP contribution in [0.2, 0.25) is 0 Å². The number of carbonyl (C=O) groups excluding carboxylic acids is 1. The van der Waals surface area contributed by atoms with Crippen molar-refractivity contribution < 1.29 is 9.53 Å². The van der Waals surface area contributed by atoms with Gasteiger partial charge in [0.25, 0.3) is 0 Å². The quantitative estimate of drug-likeness (QED) is 0.815. The van der Waals surface area contributed by atoms with Crippen LogP contribution in [-0.2, 0) is 9.53 Å². The smallest absolute Gasteiger partial charge is 0.327 e. The molecule has 0 radical (unpaired) electrons. The van der Waals surface area contributed by atoms with Gasteiger partial charge >= 0.3 is 5.97 Å². The number of benzene rings is 1. The lowest BCUT2D eigenvalue weighted by atomic mass is 9.98. The van der Waals surface area contributed by atoms with Gasteiger partial charge in [-0.2, -0.15) is 0 Å². The van der Waals surface area contributed by atoms with Gasteiger partial charge in [-0.3, -0.25) is 5.32 Å². The van der Waals surface area contributed by atoms with Gasteiger partial charge in [-0.25, -0.2) is 4.79 Å². The molecule has 0 spiro atoms. The zero-order chi connectivity index (χ0) is 13.7. The minimum absolute atomic E-state index is 0.208. The van der Waals surface area contributed by atoms with E-state index in [-0.39, 0.29) is 18.1 Å². The molecule has 0 amide bonds. The third-order valence-corrected chi connectivity index (χ3v) is 2.77. The highest BCUT2D eigenvalue weighted by Gasteiger charge is 2.24. The third kappa shape index (κ3) is 3.84. The average molecular weight is 249 g/mol. The van der Waals surface area contributed by atoms with Crippen LogP contribution < -0.4 is 5.32 Å². The normalized spacial score (nSPS) is 12.6. The Hall–Kier alpha value is -1.35. The summed E-state index contributed by atoms with van der Waals surface area (Å²) in [6.07, 6.45) is 0. The van der Waals surface area contributed by atoms with Crippen molar-refractivity contribution in [3.8, 4) is 0 Å². The van der Waals surface area contributed by atoms with E-state index < -0.39 is 0 Å². The number of nitrogens with one attached hydrogen (secondary N) is 1. The highest BCUT2D eigenvalue weighted by atomic mass is 16.5. The lowest BCUT2D eigenvalue weighted by Gasteiger charge is -2.22. The number of rotatable bonds is 5. The molecule has 0 saturated carbocycles. The van der Waals surface area contributed by atoms with Crippen molar-refractivity contribution in [2.45, 2.75) is 46.7 Å². The van der Waals surface area contributed by atoms with E-state index in [1.807, 2.05) is 46.8 Å². The number of aryl methyl sites for hydroxylation is 2. The molecule has 0 bridgehead atoms. The molecule has 0 fully saturated rings. The van der Waals surface area contributed by atoms with E-state index in [2.05, 4.69) is 11.4 Å². The standard InChI is InChI=1S/C15H23NO2/c1-6-18-15(17)14(16-10(2)3)13-9-11(4)7-8-12(13)5/h7-10,14,16H,6H2,1-5H3. The van der Waals surface area contributed by atoms with Gasteiger partial charge in [0.2, 0.25) is 0 Å². The number of hydrogen-bond donors (Lipinski definition) is 1. The topological polar surface area (TPSA) is 38.3 Å². The van der Waals surface area contributed by atoms with Crippen LogP contribution in [0.5, 0.6) is 0 Å². The van der Waals surface area contributed by atoms with Crippen LogP contribution in [0, 0.1) is 13.8 Å². The van der Waals surface area contributed by atoms with Gasteiger partial charge in [0, 0.05) is 6.04 Å². The molecular weight excluding hydrogens is 226 g/mol. The van der Waals surface area contributed by atoms with E-state index in [9.17, 15) is 4.79 Å². The van der Waals surface area contributed by atoms with E-state index in [1.54, 1.807) is 0 Å². The molecule has 0 aliphatic carbocycles. The molecule has 3 nitrogen and oxygen atoms in total. The molecule has 0 saturated heterocycles. The van der Waals surface area contributed by atoms with E-state index in [0.29, 0.717) is 6.61 Å². The summed E-state index contributed by atoms with van der Waals surface area (Å²) in [6, 6.07) is 5.98. The van der Waals surface area contributed by atoms with Crippen LogP contribution in [-0.4, -0.2) is 18.6 Å². The molecule has 0 aliphatic heterocycles. The summed E-state index contributed by atoms with van der Waals surface area (Å²) >= 11 is 0. The minimum atomic E-state index is -0.384. The second-order valence-electron chi connectivity index (χ2n) is 4.87. The molecule has 0 aliphatic rings. The Morgan fingerprint density at radius 1 is 1.33 bits per heavy atom. The Morgan fingerprint density at radius 2 is 2.00 bits per heavy atom. The van der Waals surface area contributed by atoms with Crippen molar-refractivity contribution in [2.75, 3.05) is 6.61 Å². The van der Waals surface area contributed by atoms with E-state index in [0.717, 1.165) is 16.7 Å². The second kappa shape index (κ2) is 6.55. The number of esters is 1. The number of ether oxygens (including phenoxy) is 1. The van der Waals surface area contributed by atoms with Crippen molar-refractivity contribution >= 4 is 5.97 Å². The largest absolute Gasteiger partial charge is 0.465 e. The zero-order valence-corrected chi connectivity index (χ0v) is 11.9. The van der Waals surface area contributed by atoms with Gasteiger partial charge in [-0.1, -0.05) is 23.8 Å². The summed E-state index contributed by atoms with van der Waals surface area (Å²) in [7, 11) is 0. The van der Waals surface area contributed by atoms with Crippen molar-refractivity contribution in [3.63, 3.8) is 0 Å². The molecule has 1 atom stereocenters. The lowest BCUT2D eigenvalue weighted by molar-refractivity contribution is -0.146. The first-order valence-corrected chi connectivity index (χ1v) is 6.45. The molecule has 1 rings (SSSR count). The summed E-state index contributed by atoms with van der Waals surface area (Å²) in [5, 5.41) is 3.27. The van der Waals surface area contributed by atoms with Crippen molar-refractivity contribution in [1.82, 2.24) is 5.32 Å². The Bertz CT molecular complexity index is 413. The molecule has 0 heterocycles. The summed E-state index contributed by atoms with van der Waals surface area (Å²) in [6.45, 7) is 10.3. The third-order valence-electron chi connectivity index (χ3n) is 2.77.